The maximum absolute atomic E-state index is 13.5. The van der Waals surface area contributed by atoms with Crippen LogP contribution in [0.1, 0.15) is 50.5 Å². The minimum Gasteiger partial charge on any atom is -0.454 e. The van der Waals surface area contributed by atoms with Gasteiger partial charge in [0.05, 0.1) is 13.6 Å². The quantitative estimate of drug-likeness (QED) is 0.474. The first-order valence-electron chi connectivity index (χ1n) is 12.1. The molecule has 1 aromatic heterocycles. The van der Waals surface area contributed by atoms with Crippen LogP contribution in [0.3, 0.4) is 0 Å². The maximum atomic E-state index is 13.5. The average Bonchev–Trinajstić information content (AvgIpc) is 2.85. The van der Waals surface area contributed by atoms with Gasteiger partial charge in [-0.05, 0) is 24.8 Å². The summed E-state index contributed by atoms with van der Waals surface area (Å²) in [5.41, 5.74) is -1.06. The number of benzene rings is 1. The van der Waals surface area contributed by atoms with Crippen LogP contribution >= 0.6 is 0 Å². The largest absolute Gasteiger partial charge is 0.454 e. The van der Waals surface area contributed by atoms with Crippen LogP contribution in [0.15, 0.2) is 43.0 Å². The summed E-state index contributed by atoms with van der Waals surface area (Å²) in [6.07, 6.45) is 8.56. The fraction of sp³-hybridized carbons (Fsp3) is 0.560. The van der Waals surface area contributed by atoms with Crippen LogP contribution in [0.2, 0.25) is 0 Å². The molecule has 9 heteroatoms. The topological polar surface area (TPSA) is 114 Å². The van der Waals surface area contributed by atoms with E-state index in [2.05, 4.69) is 20.3 Å². The molecule has 0 bridgehead atoms. The molecule has 1 aliphatic carbocycles. The number of quaternary nitrogens is 1. The van der Waals surface area contributed by atoms with Crippen LogP contribution in [0, 0.1) is 5.92 Å². The Bertz CT molecular complexity index is 970. The van der Waals surface area contributed by atoms with E-state index in [0.717, 1.165) is 45.1 Å². The van der Waals surface area contributed by atoms with Crippen molar-refractivity contribution in [2.75, 3.05) is 32.0 Å². The molecule has 1 aliphatic heterocycles. The molecule has 0 spiro atoms. The zero-order valence-corrected chi connectivity index (χ0v) is 19.7. The summed E-state index contributed by atoms with van der Waals surface area (Å²) in [4.78, 5) is 37.7. The number of likely N-dealkylation sites (N-methyl/N-ethyl adjacent to an activating group) is 1. The van der Waals surface area contributed by atoms with Crippen molar-refractivity contribution in [3.05, 3.63) is 48.5 Å². The first-order valence-corrected chi connectivity index (χ1v) is 12.1. The van der Waals surface area contributed by atoms with E-state index in [1.807, 2.05) is 37.4 Å². The molecule has 1 aromatic carbocycles. The van der Waals surface area contributed by atoms with Gasteiger partial charge in [0.25, 0.3) is 5.91 Å². The standard InChI is InChI=1S/C25H33N5O4/c1-30(16-22(31)29-24-27-17-26-18-28-24)14-8-13-21(15-30)34-23(32)25(33,19-9-4-2-5-10-19)20-11-6-3-7-12-20/h2,4-5,9-10,17-18,20-21,33H,3,6-8,11-16H2,1H3/p+1. The Kier molecular flexibility index (Phi) is 7.53. The predicted molar refractivity (Wildman–Crippen MR) is 125 cm³/mol. The van der Waals surface area contributed by atoms with Crippen molar-refractivity contribution in [2.24, 2.45) is 5.92 Å². The highest BCUT2D eigenvalue weighted by molar-refractivity contribution is 5.89. The molecule has 2 fully saturated rings. The first-order chi connectivity index (χ1) is 16.4. The summed E-state index contributed by atoms with van der Waals surface area (Å²) in [6, 6.07) is 9.18. The number of carbonyl (C=O) groups excluding carboxylic acids is 2. The fourth-order valence-corrected chi connectivity index (χ4v) is 5.40. The molecule has 2 heterocycles. The minimum absolute atomic E-state index is 0.160. The van der Waals surface area contributed by atoms with E-state index in [9.17, 15) is 14.7 Å². The van der Waals surface area contributed by atoms with Crippen molar-refractivity contribution < 1.29 is 23.9 Å². The monoisotopic (exact) mass is 468 g/mol. The Morgan fingerprint density at radius 1 is 1.09 bits per heavy atom. The highest BCUT2D eigenvalue weighted by atomic mass is 16.6. The Labute approximate surface area is 200 Å². The number of hydrogen-bond acceptors (Lipinski definition) is 7. The van der Waals surface area contributed by atoms with E-state index in [0.29, 0.717) is 23.0 Å². The Hall–Kier alpha value is -2.91. The number of rotatable bonds is 7. The van der Waals surface area contributed by atoms with Gasteiger partial charge in [0, 0.05) is 12.3 Å². The Balaban J connectivity index is 1.44. The Morgan fingerprint density at radius 3 is 2.50 bits per heavy atom. The smallest absolute Gasteiger partial charge is 0.343 e. The van der Waals surface area contributed by atoms with E-state index in [1.165, 1.54) is 12.7 Å². The summed E-state index contributed by atoms with van der Waals surface area (Å²) in [5, 5.41) is 14.5. The molecule has 0 radical (unpaired) electrons. The number of piperidine rings is 1. The summed E-state index contributed by atoms with van der Waals surface area (Å²) in [5.74, 6) is -0.721. The summed E-state index contributed by atoms with van der Waals surface area (Å²) in [7, 11) is 1.98. The van der Waals surface area contributed by atoms with Gasteiger partial charge in [-0.25, -0.2) is 19.7 Å². The van der Waals surface area contributed by atoms with Crippen molar-refractivity contribution in [3.8, 4) is 0 Å². The molecule has 1 saturated carbocycles. The number of esters is 1. The van der Waals surface area contributed by atoms with Crippen LogP contribution in [-0.4, -0.2) is 69.2 Å². The Morgan fingerprint density at radius 2 is 1.79 bits per heavy atom. The number of likely N-dealkylation sites (tertiary alicyclic amines) is 1. The van der Waals surface area contributed by atoms with E-state index >= 15 is 0 Å². The van der Waals surface area contributed by atoms with Crippen molar-refractivity contribution in [2.45, 2.75) is 56.7 Å². The van der Waals surface area contributed by atoms with Crippen molar-refractivity contribution in [1.82, 2.24) is 15.0 Å². The molecule has 182 valence electrons. The molecule has 4 rings (SSSR count). The summed E-state index contributed by atoms with van der Waals surface area (Å²) in [6.45, 7) is 1.52. The number of ether oxygens (including phenoxy) is 1. The number of aliphatic hydroxyl groups is 1. The molecule has 3 unspecified atom stereocenters. The number of anilines is 1. The van der Waals surface area contributed by atoms with Gasteiger partial charge in [-0.1, -0.05) is 49.6 Å². The number of nitrogens with one attached hydrogen (secondary N) is 1. The van der Waals surface area contributed by atoms with Crippen LogP contribution in [0.25, 0.3) is 0 Å². The third kappa shape index (κ3) is 5.59. The van der Waals surface area contributed by atoms with Crippen molar-refractivity contribution in [3.63, 3.8) is 0 Å². The van der Waals surface area contributed by atoms with Crippen molar-refractivity contribution >= 4 is 17.8 Å². The lowest BCUT2D eigenvalue weighted by Gasteiger charge is -2.42. The molecule has 9 nitrogen and oxygen atoms in total. The number of nitrogens with zero attached hydrogens (tertiary/aromatic N) is 4. The molecular formula is C25H34N5O4+. The van der Waals surface area contributed by atoms with Crippen LogP contribution in [0.4, 0.5) is 5.95 Å². The molecule has 2 N–H and O–H groups in total. The van der Waals surface area contributed by atoms with Gasteiger partial charge in [-0.2, -0.15) is 0 Å². The third-order valence-electron chi connectivity index (χ3n) is 7.13. The SMILES string of the molecule is C[N+]1(CC(=O)Nc2ncncn2)CCCC(OC(=O)C(O)(c2ccccc2)C2CCCCC2)C1. The first kappa shape index (κ1) is 24.2. The van der Waals surface area contributed by atoms with Crippen molar-refractivity contribution in [1.29, 1.82) is 0 Å². The normalized spacial score (nSPS) is 25.2. The van der Waals surface area contributed by atoms with Crippen LogP contribution in [-0.2, 0) is 19.9 Å². The highest BCUT2D eigenvalue weighted by Gasteiger charge is 2.48. The zero-order valence-electron chi connectivity index (χ0n) is 19.7. The van der Waals surface area contributed by atoms with Gasteiger partial charge in [0.1, 0.15) is 19.2 Å². The second-order valence-electron chi connectivity index (χ2n) is 9.83. The van der Waals surface area contributed by atoms with E-state index in [-0.39, 0.29) is 30.4 Å². The lowest BCUT2D eigenvalue weighted by molar-refractivity contribution is -0.909. The van der Waals surface area contributed by atoms with Gasteiger partial charge >= 0.3 is 5.97 Å². The lowest BCUT2D eigenvalue weighted by Crippen LogP contribution is -2.57. The minimum atomic E-state index is -1.65. The molecule has 1 saturated heterocycles. The molecule has 3 atom stereocenters. The molecule has 34 heavy (non-hydrogen) atoms. The van der Waals surface area contributed by atoms with Crippen LogP contribution < -0.4 is 5.32 Å². The van der Waals surface area contributed by atoms with E-state index < -0.39 is 11.6 Å². The fourth-order valence-electron chi connectivity index (χ4n) is 5.40. The van der Waals surface area contributed by atoms with Gasteiger partial charge in [0.15, 0.2) is 18.2 Å². The number of aromatic nitrogens is 3. The number of amides is 1. The van der Waals surface area contributed by atoms with Crippen LogP contribution in [0.5, 0.6) is 0 Å². The highest BCUT2D eigenvalue weighted by Crippen LogP contribution is 2.41. The second-order valence-corrected chi connectivity index (χ2v) is 9.83. The zero-order chi connectivity index (χ0) is 24.0. The summed E-state index contributed by atoms with van der Waals surface area (Å²) >= 11 is 0. The molecule has 2 aliphatic rings. The lowest BCUT2D eigenvalue weighted by atomic mass is 9.73. The third-order valence-corrected chi connectivity index (χ3v) is 7.13. The maximum Gasteiger partial charge on any atom is 0.343 e. The molecule has 1 amide bonds. The molecular weight excluding hydrogens is 434 g/mol. The number of hydrogen-bond donors (Lipinski definition) is 2. The van der Waals surface area contributed by atoms with Gasteiger partial charge in [-0.15, -0.1) is 0 Å². The number of carbonyl (C=O) groups is 2. The van der Waals surface area contributed by atoms with E-state index in [4.69, 9.17) is 4.74 Å². The van der Waals surface area contributed by atoms with Gasteiger partial charge < -0.3 is 14.3 Å². The molecule has 2 aromatic rings. The predicted octanol–water partition coefficient (Wildman–Crippen LogP) is 2.43. The van der Waals surface area contributed by atoms with Gasteiger partial charge in [-0.3, -0.25) is 10.1 Å². The van der Waals surface area contributed by atoms with Gasteiger partial charge in [0.2, 0.25) is 5.95 Å². The summed E-state index contributed by atoms with van der Waals surface area (Å²) < 4.78 is 6.42. The second kappa shape index (κ2) is 10.6. The average molecular weight is 469 g/mol. The van der Waals surface area contributed by atoms with E-state index in [1.54, 1.807) is 0 Å².